The van der Waals surface area contributed by atoms with E-state index in [0.29, 0.717) is 23.6 Å². The van der Waals surface area contributed by atoms with Gasteiger partial charge in [0.05, 0.1) is 24.2 Å². The zero-order chi connectivity index (χ0) is 25.3. The molecule has 1 amide bonds. The van der Waals surface area contributed by atoms with Crippen molar-refractivity contribution in [3.63, 3.8) is 0 Å². The summed E-state index contributed by atoms with van der Waals surface area (Å²) in [5.41, 5.74) is 0.817. The number of halogens is 1. The highest BCUT2D eigenvalue weighted by Gasteiger charge is 2.17. The molecule has 0 fully saturated rings. The van der Waals surface area contributed by atoms with E-state index in [1.807, 2.05) is 6.07 Å². The maximum atomic E-state index is 12.9. The predicted molar refractivity (Wildman–Crippen MR) is 138 cm³/mol. The van der Waals surface area contributed by atoms with Crippen molar-refractivity contribution < 1.29 is 22.7 Å². The van der Waals surface area contributed by atoms with Crippen LogP contribution in [-0.2, 0) is 10.0 Å². The number of sulfonamides is 1. The van der Waals surface area contributed by atoms with E-state index in [9.17, 15) is 13.2 Å². The van der Waals surface area contributed by atoms with Gasteiger partial charge in [0.2, 0.25) is 5.88 Å². The zero-order valence-electron chi connectivity index (χ0n) is 19.5. The van der Waals surface area contributed by atoms with Crippen molar-refractivity contribution in [2.75, 3.05) is 23.8 Å². The molecule has 3 rings (SSSR count). The molecule has 0 saturated carbocycles. The number of ether oxygens (including phenoxy) is 2. The van der Waals surface area contributed by atoms with Gasteiger partial charge in [-0.05, 0) is 48.9 Å². The van der Waals surface area contributed by atoms with E-state index >= 15 is 0 Å². The number of carbonyl (C=O) groups excluding carboxylic acids is 1. The lowest BCUT2D eigenvalue weighted by molar-refractivity contribution is 0.102. The van der Waals surface area contributed by atoms with Gasteiger partial charge in [-0.25, -0.2) is 18.4 Å². The number of amides is 1. The fraction of sp³-hybridized carbons (Fsp3) is 0.292. The smallest absolute Gasteiger partial charge is 0.263 e. The first-order chi connectivity index (χ1) is 16.8. The van der Waals surface area contributed by atoms with E-state index in [4.69, 9.17) is 9.47 Å². The summed E-state index contributed by atoms with van der Waals surface area (Å²) < 4.78 is 39.3. The molecule has 11 heteroatoms. The molecule has 0 spiro atoms. The molecule has 2 aromatic carbocycles. The van der Waals surface area contributed by atoms with Gasteiger partial charge in [0.15, 0.2) is 0 Å². The van der Waals surface area contributed by atoms with Gasteiger partial charge in [-0.1, -0.05) is 42.1 Å². The molecule has 1 aromatic heterocycles. The van der Waals surface area contributed by atoms with Gasteiger partial charge in [0, 0.05) is 16.2 Å². The Morgan fingerprint density at radius 1 is 1.03 bits per heavy atom. The van der Waals surface area contributed by atoms with Crippen LogP contribution in [0.1, 0.15) is 43.0 Å². The molecule has 0 saturated heterocycles. The maximum Gasteiger partial charge on any atom is 0.263 e. The van der Waals surface area contributed by atoms with E-state index in [1.165, 1.54) is 43.8 Å². The highest BCUT2D eigenvalue weighted by atomic mass is 79.9. The molecule has 0 aliphatic carbocycles. The molecule has 0 aliphatic rings. The van der Waals surface area contributed by atoms with Crippen molar-refractivity contribution in [1.82, 2.24) is 9.97 Å². The molecule has 0 unspecified atom stereocenters. The summed E-state index contributed by atoms with van der Waals surface area (Å²) in [4.78, 5) is 20.7. The van der Waals surface area contributed by atoms with E-state index < -0.39 is 10.0 Å². The van der Waals surface area contributed by atoms with Crippen LogP contribution in [0.15, 0.2) is 64.2 Å². The number of hydrogen-bond donors (Lipinski definition) is 2. The van der Waals surface area contributed by atoms with Crippen molar-refractivity contribution in [3.8, 4) is 11.6 Å². The number of hydrogen-bond acceptors (Lipinski definition) is 7. The lowest BCUT2D eigenvalue weighted by atomic mass is 10.1. The number of benzene rings is 2. The van der Waals surface area contributed by atoms with Crippen LogP contribution in [0.4, 0.5) is 11.5 Å². The molecule has 1 heterocycles. The van der Waals surface area contributed by atoms with Crippen LogP contribution in [0, 0.1) is 0 Å². The molecule has 9 nitrogen and oxygen atoms in total. The van der Waals surface area contributed by atoms with Gasteiger partial charge in [0.25, 0.3) is 15.9 Å². The second kappa shape index (κ2) is 12.5. The number of nitrogens with zero attached hydrogens (tertiary/aromatic N) is 2. The number of rotatable bonds is 12. The summed E-state index contributed by atoms with van der Waals surface area (Å²) >= 11 is 3.39. The second-order valence-electron chi connectivity index (χ2n) is 7.58. The summed E-state index contributed by atoms with van der Waals surface area (Å²) in [5.74, 6) is 0.432. The van der Waals surface area contributed by atoms with Gasteiger partial charge in [0.1, 0.15) is 17.9 Å². The molecule has 3 aromatic rings. The summed E-state index contributed by atoms with van der Waals surface area (Å²) in [6.45, 7) is 2.67. The number of nitrogens with one attached hydrogen (secondary N) is 2. The summed E-state index contributed by atoms with van der Waals surface area (Å²) in [5, 5.41) is 2.79. The van der Waals surface area contributed by atoms with Crippen LogP contribution in [0.2, 0.25) is 0 Å². The third-order valence-corrected chi connectivity index (χ3v) is 6.82. The molecule has 0 bridgehead atoms. The summed E-state index contributed by atoms with van der Waals surface area (Å²) in [6.07, 6.45) is 5.46. The van der Waals surface area contributed by atoms with Gasteiger partial charge in [-0.3, -0.25) is 9.52 Å². The summed E-state index contributed by atoms with van der Waals surface area (Å²) in [7, 11) is -2.48. The highest BCUT2D eigenvalue weighted by Crippen LogP contribution is 2.25. The van der Waals surface area contributed by atoms with E-state index in [2.05, 4.69) is 42.9 Å². The Kier molecular flexibility index (Phi) is 9.44. The van der Waals surface area contributed by atoms with Gasteiger partial charge in [-0.2, -0.15) is 0 Å². The minimum absolute atomic E-state index is 0.00614. The van der Waals surface area contributed by atoms with E-state index in [1.54, 1.807) is 12.1 Å². The van der Waals surface area contributed by atoms with Gasteiger partial charge >= 0.3 is 0 Å². The first kappa shape index (κ1) is 26.4. The fourth-order valence-electron chi connectivity index (χ4n) is 3.14. The molecular formula is C24H27BrN4O5S. The van der Waals surface area contributed by atoms with Crippen molar-refractivity contribution >= 4 is 43.4 Å². The standard InChI is InChI=1S/C24H27BrN4O5S/c1-3-4-5-6-13-34-21-12-7-17(25)14-20(21)24(30)28-18-8-10-19(11-9-18)35(31,32)29-22-15-23(33-2)27-16-26-22/h7-12,14-16H,3-6,13H2,1-2H3,(H,28,30)(H,26,27,29). The molecule has 2 N–H and O–H groups in total. The third-order valence-electron chi connectivity index (χ3n) is 4.95. The number of unbranched alkanes of at least 4 members (excludes halogenated alkanes) is 3. The number of aromatic nitrogens is 2. The van der Waals surface area contributed by atoms with E-state index in [0.717, 1.165) is 30.2 Å². The van der Waals surface area contributed by atoms with Crippen molar-refractivity contribution in [1.29, 1.82) is 0 Å². The Balaban J connectivity index is 1.68. The van der Waals surface area contributed by atoms with Gasteiger partial charge in [-0.15, -0.1) is 0 Å². The minimum Gasteiger partial charge on any atom is -0.493 e. The largest absolute Gasteiger partial charge is 0.493 e. The highest BCUT2D eigenvalue weighted by molar-refractivity contribution is 9.10. The molecule has 0 aliphatic heterocycles. The lowest BCUT2D eigenvalue weighted by Gasteiger charge is -2.13. The molecule has 0 atom stereocenters. The summed E-state index contributed by atoms with van der Waals surface area (Å²) in [6, 6.07) is 12.4. The van der Waals surface area contributed by atoms with Crippen molar-refractivity contribution in [3.05, 3.63) is 64.9 Å². The third kappa shape index (κ3) is 7.66. The first-order valence-electron chi connectivity index (χ1n) is 11.0. The Morgan fingerprint density at radius 2 is 1.80 bits per heavy atom. The van der Waals surface area contributed by atoms with Crippen LogP contribution in [0.5, 0.6) is 11.6 Å². The van der Waals surface area contributed by atoms with E-state index in [-0.39, 0.29) is 22.5 Å². The Labute approximate surface area is 213 Å². The average Bonchev–Trinajstić information content (AvgIpc) is 2.84. The number of anilines is 2. The van der Waals surface area contributed by atoms with Gasteiger partial charge < -0.3 is 14.8 Å². The second-order valence-corrected chi connectivity index (χ2v) is 10.2. The Morgan fingerprint density at radius 3 is 2.51 bits per heavy atom. The topological polar surface area (TPSA) is 120 Å². The van der Waals surface area contributed by atoms with Crippen molar-refractivity contribution in [2.24, 2.45) is 0 Å². The minimum atomic E-state index is -3.90. The molecule has 0 radical (unpaired) electrons. The van der Waals surface area contributed by atoms with Crippen LogP contribution in [0.25, 0.3) is 0 Å². The van der Waals surface area contributed by atoms with Crippen LogP contribution in [-0.4, -0.2) is 38.0 Å². The number of methoxy groups -OCH3 is 1. The number of carbonyl (C=O) groups is 1. The monoisotopic (exact) mass is 562 g/mol. The molecule has 186 valence electrons. The van der Waals surface area contributed by atoms with Crippen LogP contribution < -0.4 is 19.5 Å². The first-order valence-corrected chi connectivity index (χ1v) is 13.3. The maximum absolute atomic E-state index is 12.9. The predicted octanol–water partition coefficient (Wildman–Crippen LogP) is 5.26. The Bertz CT molecular complexity index is 1250. The van der Waals surface area contributed by atoms with Crippen LogP contribution >= 0.6 is 15.9 Å². The normalized spacial score (nSPS) is 11.1. The average molecular weight is 563 g/mol. The fourth-order valence-corrected chi connectivity index (χ4v) is 4.50. The quantitative estimate of drug-likeness (QED) is 0.289. The molecular weight excluding hydrogens is 536 g/mol. The lowest BCUT2D eigenvalue weighted by Crippen LogP contribution is -2.15. The zero-order valence-corrected chi connectivity index (χ0v) is 21.9. The van der Waals surface area contributed by atoms with Crippen LogP contribution in [0.3, 0.4) is 0 Å². The SMILES string of the molecule is CCCCCCOc1ccc(Br)cc1C(=O)Nc1ccc(S(=O)(=O)Nc2cc(OC)ncn2)cc1. The van der Waals surface area contributed by atoms with Crippen molar-refractivity contribution in [2.45, 2.75) is 37.5 Å². The Hall–Kier alpha value is -3.18. The molecule has 35 heavy (non-hydrogen) atoms.